The molecule has 2 rings (SSSR count). The maximum absolute atomic E-state index is 12.1. The predicted octanol–water partition coefficient (Wildman–Crippen LogP) is 2.15. The number of hydrogen-bond acceptors (Lipinski definition) is 3. The highest BCUT2D eigenvalue weighted by molar-refractivity contribution is 5.94. The predicted molar refractivity (Wildman–Crippen MR) is 71.6 cm³/mol. The third-order valence-corrected chi connectivity index (χ3v) is 3.35. The number of amides is 1. The number of ether oxygens (including phenoxy) is 1. The molecule has 0 radical (unpaired) electrons. The average molecular weight is 248 g/mol. The van der Waals surface area contributed by atoms with Crippen molar-refractivity contribution in [2.24, 2.45) is 11.7 Å². The summed E-state index contributed by atoms with van der Waals surface area (Å²) in [5.74, 6) is 0.645. The smallest absolute Gasteiger partial charge is 0.229 e. The van der Waals surface area contributed by atoms with Crippen molar-refractivity contribution < 1.29 is 9.53 Å². The molecule has 1 aromatic carbocycles. The lowest BCUT2D eigenvalue weighted by molar-refractivity contribution is -0.120. The molecule has 1 fully saturated rings. The molecule has 1 aromatic rings. The van der Waals surface area contributed by atoms with Gasteiger partial charge in [0.05, 0.1) is 18.2 Å². The highest BCUT2D eigenvalue weighted by atomic mass is 16.5. The molecular formula is C14H20N2O2. The van der Waals surface area contributed by atoms with Crippen molar-refractivity contribution in [1.29, 1.82) is 0 Å². The van der Waals surface area contributed by atoms with Crippen LogP contribution in [-0.4, -0.2) is 18.6 Å². The van der Waals surface area contributed by atoms with E-state index >= 15 is 0 Å². The van der Waals surface area contributed by atoms with Crippen LogP contribution in [0, 0.1) is 5.92 Å². The first kappa shape index (κ1) is 12.9. The van der Waals surface area contributed by atoms with Gasteiger partial charge in [0.15, 0.2) is 0 Å². The summed E-state index contributed by atoms with van der Waals surface area (Å²) >= 11 is 0. The fourth-order valence-corrected chi connectivity index (χ4v) is 2.39. The molecule has 0 spiro atoms. The Morgan fingerprint density at radius 1 is 1.44 bits per heavy atom. The topological polar surface area (TPSA) is 64.3 Å². The minimum absolute atomic E-state index is 0.00662. The number of nitrogens with one attached hydrogen (secondary N) is 1. The van der Waals surface area contributed by atoms with Crippen molar-refractivity contribution in [3.8, 4) is 5.75 Å². The summed E-state index contributed by atoms with van der Waals surface area (Å²) in [5.41, 5.74) is 6.66. The van der Waals surface area contributed by atoms with Crippen LogP contribution in [0.5, 0.6) is 5.75 Å². The molecule has 2 atom stereocenters. The fraction of sp³-hybridized carbons (Fsp3) is 0.500. The van der Waals surface area contributed by atoms with Gasteiger partial charge in [0.1, 0.15) is 5.75 Å². The summed E-state index contributed by atoms with van der Waals surface area (Å²) in [7, 11) is 0. The summed E-state index contributed by atoms with van der Waals surface area (Å²) in [6.07, 6.45) is 2.85. The Morgan fingerprint density at radius 2 is 2.22 bits per heavy atom. The van der Waals surface area contributed by atoms with E-state index < -0.39 is 0 Å². The van der Waals surface area contributed by atoms with Crippen molar-refractivity contribution in [2.75, 3.05) is 11.9 Å². The molecule has 1 aliphatic carbocycles. The van der Waals surface area contributed by atoms with Crippen molar-refractivity contribution >= 4 is 11.6 Å². The van der Waals surface area contributed by atoms with E-state index in [4.69, 9.17) is 10.5 Å². The molecule has 4 heteroatoms. The van der Waals surface area contributed by atoms with Crippen molar-refractivity contribution in [3.63, 3.8) is 0 Å². The maximum Gasteiger partial charge on any atom is 0.229 e. The van der Waals surface area contributed by atoms with E-state index in [0.717, 1.165) is 24.9 Å². The van der Waals surface area contributed by atoms with Gasteiger partial charge in [0.25, 0.3) is 0 Å². The SMILES string of the molecule is CCOc1ccccc1NC(=O)C1CCCC1N. The summed E-state index contributed by atoms with van der Waals surface area (Å²) < 4.78 is 5.48. The van der Waals surface area contributed by atoms with Crippen molar-refractivity contribution in [3.05, 3.63) is 24.3 Å². The molecule has 98 valence electrons. The van der Waals surface area contributed by atoms with E-state index in [9.17, 15) is 4.79 Å². The Morgan fingerprint density at radius 3 is 2.89 bits per heavy atom. The van der Waals surface area contributed by atoms with Crippen LogP contribution in [0.15, 0.2) is 24.3 Å². The molecule has 1 aliphatic rings. The number of anilines is 1. The van der Waals surface area contributed by atoms with Gasteiger partial charge in [0.2, 0.25) is 5.91 Å². The molecule has 4 nitrogen and oxygen atoms in total. The molecule has 18 heavy (non-hydrogen) atoms. The number of nitrogens with two attached hydrogens (primary N) is 1. The van der Waals surface area contributed by atoms with Crippen LogP contribution in [0.2, 0.25) is 0 Å². The molecule has 0 aliphatic heterocycles. The minimum Gasteiger partial charge on any atom is -0.492 e. The lowest BCUT2D eigenvalue weighted by Crippen LogP contribution is -2.34. The number of carbonyl (C=O) groups is 1. The van der Waals surface area contributed by atoms with Crippen LogP contribution in [0.4, 0.5) is 5.69 Å². The van der Waals surface area contributed by atoms with Gasteiger partial charge < -0.3 is 15.8 Å². The zero-order chi connectivity index (χ0) is 13.0. The minimum atomic E-state index is -0.0697. The first-order chi connectivity index (χ1) is 8.72. The van der Waals surface area contributed by atoms with Crippen LogP contribution >= 0.6 is 0 Å². The van der Waals surface area contributed by atoms with Crippen LogP contribution in [0.3, 0.4) is 0 Å². The zero-order valence-electron chi connectivity index (χ0n) is 10.7. The van der Waals surface area contributed by atoms with Gasteiger partial charge in [-0.15, -0.1) is 0 Å². The molecule has 1 amide bonds. The molecule has 0 aromatic heterocycles. The summed E-state index contributed by atoms with van der Waals surface area (Å²) in [4.78, 5) is 12.1. The highest BCUT2D eigenvalue weighted by Gasteiger charge is 2.30. The first-order valence-corrected chi connectivity index (χ1v) is 6.50. The quantitative estimate of drug-likeness (QED) is 0.858. The second kappa shape index (κ2) is 5.87. The van der Waals surface area contributed by atoms with Gasteiger partial charge in [0, 0.05) is 6.04 Å². The number of para-hydroxylation sites is 2. The Balaban J connectivity index is 2.06. The molecule has 2 unspecified atom stereocenters. The first-order valence-electron chi connectivity index (χ1n) is 6.50. The number of rotatable bonds is 4. The molecule has 0 saturated heterocycles. The standard InChI is InChI=1S/C14H20N2O2/c1-2-18-13-9-4-3-8-12(13)16-14(17)10-6-5-7-11(10)15/h3-4,8-11H,2,5-7,15H2,1H3,(H,16,17). The Labute approximate surface area is 108 Å². The van der Waals surface area contributed by atoms with Gasteiger partial charge in [-0.2, -0.15) is 0 Å². The lowest BCUT2D eigenvalue weighted by atomic mass is 10.0. The Kier molecular flexibility index (Phi) is 4.20. The van der Waals surface area contributed by atoms with E-state index in [2.05, 4.69) is 5.32 Å². The molecular weight excluding hydrogens is 228 g/mol. The third kappa shape index (κ3) is 2.82. The van der Waals surface area contributed by atoms with Crippen molar-refractivity contribution in [2.45, 2.75) is 32.2 Å². The average Bonchev–Trinajstić information content (AvgIpc) is 2.78. The van der Waals surface area contributed by atoms with Gasteiger partial charge >= 0.3 is 0 Å². The lowest BCUT2D eigenvalue weighted by Gasteiger charge is -2.17. The van der Waals surface area contributed by atoms with Crippen LogP contribution in [0.25, 0.3) is 0 Å². The monoisotopic (exact) mass is 248 g/mol. The number of benzene rings is 1. The van der Waals surface area contributed by atoms with E-state index in [1.54, 1.807) is 0 Å². The Hall–Kier alpha value is -1.55. The summed E-state index contributed by atoms with van der Waals surface area (Å²) in [6.45, 7) is 2.50. The molecule has 3 N–H and O–H groups in total. The van der Waals surface area contributed by atoms with Gasteiger partial charge in [-0.25, -0.2) is 0 Å². The summed E-state index contributed by atoms with van der Waals surface area (Å²) in [6, 6.07) is 7.47. The number of hydrogen-bond donors (Lipinski definition) is 2. The van der Waals surface area contributed by atoms with Crippen LogP contribution < -0.4 is 15.8 Å². The molecule has 0 heterocycles. The van der Waals surface area contributed by atoms with Gasteiger partial charge in [-0.1, -0.05) is 18.6 Å². The number of carbonyl (C=O) groups excluding carboxylic acids is 1. The second-order valence-corrected chi connectivity index (χ2v) is 4.62. The largest absolute Gasteiger partial charge is 0.492 e. The molecule has 0 bridgehead atoms. The van der Waals surface area contributed by atoms with E-state index in [1.165, 1.54) is 0 Å². The van der Waals surface area contributed by atoms with E-state index in [-0.39, 0.29) is 17.9 Å². The fourth-order valence-electron chi connectivity index (χ4n) is 2.39. The van der Waals surface area contributed by atoms with Gasteiger partial charge in [-0.3, -0.25) is 4.79 Å². The van der Waals surface area contributed by atoms with Crippen LogP contribution in [-0.2, 0) is 4.79 Å². The molecule has 1 saturated carbocycles. The van der Waals surface area contributed by atoms with E-state index in [1.807, 2.05) is 31.2 Å². The normalized spacial score (nSPS) is 22.8. The Bertz CT molecular complexity index is 420. The van der Waals surface area contributed by atoms with Gasteiger partial charge in [-0.05, 0) is 31.9 Å². The maximum atomic E-state index is 12.1. The zero-order valence-corrected chi connectivity index (χ0v) is 10.7. The van der Waals surface area contributed by atoms with Crippen LogP contribution in [0.1, 0.15) is 26.2 Å². The second-order valence-electron chi connectivity index (χ2n) is 4.62. The summed E-state index contributed by atoms with van der Waals surface area (Å²) in [5, 5.41) is 2.92. The van der Waals surface area contributed by atoms with Crippen molar-refractivity contribution in [1.82, 2.24) is 0 Å². The highest BCUT2D eigenvalue weighted by Crippen LogP contribution is 2.28. The third-order valence-electron chi connectivity index (χ3n) is 3.35. The van der Waals surface area contributed by atoms with E-state index in [0.29, 0.717) is 12.4 Å².